The highest BCUT2D eigenvalue weighted by atomic mass is 16.5. The van der Waals surface area contributed by atoms with E-state index in [9.17, 15) is 9.59 Å². The molecule has 0 fully saturated rings. The number of carboxylic acid groups (broad SMARTS) is 1. The van der Waals surface area contributed by atoms with E-state index in [-0.39, 0.29) is 17.8 Å². The van der Waals surface area contributed by atoms with Crippen LogP contribution < -0.4 is 11.1 Å². The highest BCUT2D eigenvalue weighted by molar-refractivity contribution is 5.95. The standard InChI is InChI=1S/C10H13N3O4/c1-17-8(3-11)9(14)13-7-2-6(10(15)16)4-12-5-7/h2,4-5,8H,3,11H2,1H3,(H,13,14)(H,15,16). The Balaban J connectivity index is 2.78. The topological polar surface area (TPSA) is 115 Å². The molecule has 0 bridgehead atoms. The van der Waals surface area contributed by atoms with E-state index in [0.717, 1.165) is 0 Å². The SMILES string of the molecule is COC(CN)C(=O)Nc1cncc(C(=O)O)c1. The summed E-state index contributed by atoms with van der Waals surface area (Å²) in [5.74, 6) is -1.56. The molecule has 1 heterocycles. The van der Waals surface area contributed by atoms with E-state index in [2.05, 4.69) is 10.3 Å². The molecule has 1 aromatic heterocycles. The fourth-order valence-electron chi connectivity index (χ4n) is 1.16. The molecule has 0 aliphatic heterocycles. The van der Waals surface area contributed by atoms with Crippen LogP contribution in [0.1, 0.15) is 10.4 Å². The lowest BCUT2D eigenvalue weighted by Gasteiger charge is -2.12. The van der Waals surface area contributed by atoms with Gasteiger partial charge in [0, 0.05) is 19.9 Å². The Kier molecular flexibility index (Phi) is 4.56. The summed E-state index contributed by atoms with van der Waals surface area (Å²) < 4.78 is 4.84. The maximum atomic E-state index is 11.6. The van der Waals surface area contributed by atoms with Gasteiger partial charge >= 0.3 is 5.97 Å². The van der Waals surface area contributed by atoms with Crippen LogP contribution in [-0.4, -0.2) is 41.7 Å². The van der Waals surface area contributed by atoms with Crippen molar-refractivity contribution in [3.05, 3.63) is 24.0 Å². The van der Waals surface area contributed by atoms with Crippen molar-refractivity contribution < 1.29 is 19.4 Å². The van der Waals surface area contributed by atoms with Crippen molar-refractivity contribution in [1.82, 2.24) is 4.98 Å². The zero-order chi connectivity index (χ0) is 12.8. The number of aromatic nitrogens is 1. The molecule has 0 saturated carbocycles. The second-order valence-corrected chi connectivity index (χ2v) is 3.22. The minimum atomic E-state index is -1.12. The minimum Gasteiger partial charge on any atom is -0.478 e. The van der Waals surface area contributed by atoms with Crippen LogP contribution in [0.25, 0.3) is 0 Å². The zero-order valence-corrected chi connectivity index (χ0v) is 9.21. The summed E-state index contributed by atoms with van der Waals surface area (Å²) >= 11 is 0. The van der Waals surface area contributed by atoms with Gasteiger partial charge < -0.3 is 20.9 Å². The van der Waals surface area contributed by atoms with Gasteiger partial charge in [0.05, 0.1) is 17.4 Å². The van der Waals surface area contributed by atoms with Crippen molar-refractivity contribution in [3.63, 3.8) is 0 Å². The Morgan fingerprint density at radius 1 is 1.59 bits per heavy atom. The molecule has 1 aromatic rings. The van der Waals surface area contributed by atoms with Crippen LogP contribution in [0.15, 0.2) is 18.5 Å². The van der Waals surface area contributed by atoms with E-state index in [1.807, 2.05) is 0 Å². The second kappa shape index (κ2) is 5.92. The van der Waals surface area contributed by atoms with Crippen LogP contribution in [0.3, 0.4) is 0 Å². The third-order valence-electron chi connectivity index (χ3n) is 2.04. The molecule has 0 spiro atoms. The number of aromatic carboxylic acids is 1. The van der Waals surface area contributed by atoms with Crippen LogP contribution in [0.4, 0.5) is 5.69 Å². The first-order valence-corrected chi connectivity index (χ1v) is 4.80. The molecule has 7 nitrogen and oxygen atoms in total. The largest absolute Gasteiger partial charge is 0.478 e. The van der Waals surface area contributed by atoms with E-state index in [0.29, 0.717) is 0 Å². The Bertz CT molecular complexity index is 418. The number of anilines is 1. The number of hydrogen-bond donors (Lipinski definition) is 3. The van der Waals surface area contributed by atoms with Gasteiger partial charge in [0.2, 0.25) is 0 Å². The third kappa shape index (κ3) is 3.51. The van der Waals surface area contributed by atoms with Crippen molar-refractivity contribution in [2.24, 2.45) is 5.73 Å². The maximum absolute atomic E-state index is 11.6. The van der Waals surface area contributed by atoms with E-state index in [1.54, 1.807) is 0 Å². The third-order valence-corrected chi connectivity index (χ3v) is 2.04. The van der Waals surface area contributed by atoms with E-state index in [1.165, 1.54) is 25.6 Å². The summed E-state index contributed by atoms with van der Waals surface area (Å²) in [5, 5.41) is 11.2. The van der Waals surface area contributed by atoms with Crippen LogP contribution in [0, 0.1) is 0 Å². The molecule has 1 amide bonds. The van der Waals surface area contributed by atoms with Crippen LogP contribution in [0.2, 0.25) is 0 Å². The Labute approximate surface area is 97.6 Å². The van der Waals surface area contributed by atoms with Gasteiger partial charge in [-0.05, 0) is 6.07 Å². The lowest BCUT2D eigenvalue weighted by atomic mass is 10.2. The van der Waals surface area contributed by atoms with E-state index in [4.69, 9.17) is 15.6 Å². The molecule has 0 aromatic carbocycles. The number of ether oxygens (including phenoxy) is 1. The van der Waals surface area contributed by atoms with Gasteiger partial charge in [0.15, 0.2) is 0 Å². The van der Waals surface area contributed by atoms with E-state index >= 15 is 0 Å². The molecule has 0 aliphatic rings. The summed E-state index contributed by atoms with van der Waals surface area (Å²) in [7, 11) is 1.36. The molecule has 1 unspecified atom stereocenters. The zero-order valence-electron chi connectivity index (χ0n) is 9.21. The predicted octanol–water partition coefficient (Wildman–Crippen LogP) is -0.308. The number of carboxylic acids is 1. The summed E-state index contributed by atoms with van der Waals surface area (Å²) in [6.45, 7) is 0.0361. The van der Waals surface area contributed by atoms with Crippen molar-refractivity contribution in [3.8, 4) is 0 Å². The van der Waals surface area contributed by atoms with Crippen molar-refractivity contribution >= 4 is 17.6 Å². The number of nitrogens with two attached hydrogens (primary N) is 1. The van der Waals surface area contributed by atoms with Gasteiger partial charge in [-0.3, -0.25) is 9.78 Å². The number of methoxy groups -OCH3 is 1. The monoisotopic (exact) mass is 239 g/mol. The number of rotatable bonds is 5. The lowest BCUT2D eigenvalue weighted by Crippen LogP contribution is -2.35. The van der Waals surface area contributed by atoms with Crippen molar-refractivity contribution in [2.75, 3.05) is 19.0 Å². The molecular formula is C10H13N3O4. The number of amides is 1. The van der Waals surface area contributed by atoms with Crippen LogP contribution in [-0.2, 0) is 9.53 Å². The van der Waals surface area contributed by atoms with Crippen LogP contribution >= 0.6 is 0 Å². The second-order valence-electron chi connectivity index (χ2n) is 3.22. The highest BCUT2D eigenvalue weighted by Gasteiger charge is 2.16. The number of pyridine rings is 1. The van der Waals surface area contributed by atoms with Gasteiger partial charge in [0.1, 0.15) is 6.10 Å². The molecule has 0 radical (unpaired) electrons. The highest BCUT2D eigenvalue weighted by Crippen LogP contribution is 2.09. The molecule has 0 saturated heterocycles. The van der Waals surface area contributed by atoms with Crippen molar-refractivity contribution in [1.29, 1.82) is 0 Å². The van der Waals surface area contributed by atoms with Gasteiger partial charge in [-0.2, -0.15) is 0 Å². The minimum absolute atomic E-state index is 0.00971. The first-order chi connectivity index (χ1) is 8.08. The number of carbonyl (C=O) groups excluding carboxylic acids is 1. The number of nitrogens with one attached hydrogen (secondary N) is 1. The van der Waals surface area contributed by atoms with Crippen LogP contribution in [0.5, 0.6) is 0 Å². The van der Waals surface area contributed by atoms with Gasteiger partial charge in [-0.25, -0.2) is 4.79 Å². The van der Waals surface area contributed by atoms with Gasteiger partial charge in [-0.15, -0.1) is 0 Å². The predicted molar refractivity (Wildman–Crippen MR) is 59.7 cm³/mol. The molecule has 0 aliphatic carbocycles. The first-order valence-electron chi connectivity index (χ1n) is 4.80. The molecule has 7 heteroatoms. The van der Waals surface area contributed by atoms with E-state index < -0.39 is 18.0 Å². The molecule has 92 valence electrons. The smallest absolute Gasteiger partial charge is 0.337 e. The Morgan fingerprint density at radius 2 is 2.29 bits per heavy atom. The fraction of sp³-hybridized carbons (Fsp3) is 0.300. The average Bonchev–Trinajstić information content (AvgIpc) is 2.30. The Morgan fingerprint density at radius 3 is 2.82 bits per heavy atom. The number of carbonyl (C=O) groups is 2. The normalized spacial score (nSPS) is 11.9. The summed E-state index contributed by atoms with van der Waals surface area (Å²) in [6, 6.07) is 1.30. The summed E-state index contributed by atoms with van der Waals surface area (Å²) in [6.07, 6.45) is 1.76. The molecule has 17 heavy (non-hydrogen) atoms. The van der Waals surface area contributed by atoms with Gasteiger partial charge in [0.25, 0.3) is 5.91 Å². The summed E-state index contributed by atoms with van der Waals surface area (Å²) in [5.41, 5.74) is 5.59. The fourth-order valence-corrected chi connectivity index (χ4v) is 1.16. The summed E-state index contributed by atoms with van der Waals surface area (Å²) in [4.78, 5) is 26.0. The van der Waals surface area contributed by atoms with Crippen molar-refractivity contribution in [2.45, 2.75) is 6.10 Å². The molecular weight excluding hydrogens is 226 g/mol. The number of nitrogens with zero attached hydrogens (tertiary/aromatic N) is 1. The van der Waals surface area contributed by atoms with Gasteiger partial charge in [-0.1, -0.05) is 0 Å². The molecule has 4 N–H and O–H groups in total. The molecule has 1 rings (SSSR count). The molecule has 1 atom stereocenters. The maximum Gasteiger partial charge on any atom is 0.337 e. The quantitative estimate of drug-likeness (QED) is 0.649. The number of hydrogen-bond acceptors (Lipinski definition) is 5. The first kappa shape index (κ1) is 13.1. The average molecular weight is 239 g/mol. The lowest BCUT2D eigenvalue weighted by molar-refractivity contribution is -0.125. The Hall–Kier alpha value is -1.99.